The molecule has 0 aromatic heterocycles. The highest BCUT2D eigenvalue weighted by molar-refractivity contribution is 6.07. The number of rotatable bonds is 1. The first kappa shape index (κ1) is 7.98. The van der Waals surface area contributed by atoms with E-state index in [0.717, 1.165) is 17.5 Å². The van der Waals surface area contributed by atoms with E-state index >= 15 is 0 Å². The quantitative estimate of drug-likeness (QED) is 0.633. The molecule has 0 fully saturated rings. The van der Waals surface area contributed by atoms with E-state index in [-0.39, 0.29) is 5.82 Å². The van der Waals surface area contributed by atoms with E-state index in [0.29, 0.717) is 0 Å². The number of hydrogen-bond acceptors (Lipinski definition) is 0. The van der Waals surface area contributed by atoms with Crippen LogP contribution in [0.1, 0.15) is 25.8 Å². The lowest BCUT2D eigenvalue weighted by atomic mass is 10.1. The number of halogens is 1. The molecule has 0 unspecified atom stereocenters. The van der Waals surface area contributed by atoms with Crippen LogP contribution < -0.4 is 0 Å². The maximum absolute atomic E-state index is 12.8. The van der Waals surface area contributed by atoms with E-state index in [1.807, 2.05) is 0 Å². The van der Waals surface area contributed by atoms with E-state index in [9.17, 15) is 4.39 Å². The molecule has 0 aromatic rings. The molecule has 0 radical (unpaired) electrons. The minimum atomic E-state index is -0.100. The third-order valence-corrected chi connectivity index (χ3v) is 3.12. The van der Waals surface area contributed by atoms with Crippen molar-refractivity contribution in [2.45, 2.75) is 20.3 Å². The first-order chi connectivity index (χ1) is 6.68. The van der Waals surface area contributed by atoms with Crippen LogP contribution in [0.4, 0.5) is 4.39 Å². The third-order valence-electron chi connectivity index (χ3n) is 3.12. The zero-order valence-electron chi connectivity index (χ0n) is 8.32. The molecule has 14 heavy (non-hydrogen) atoms. The third kappa shape index (κ3) is 0.872. The Hall–Kier alpha value is -1.37. The molecule has 0 bridgehead atoms. The van der Waals surface area contributed by atoms with Crippen LogP contribution in [-0.4, -0.2) is 0 Å². The highest BCUT2D eigenvalue weighted by Gasteiger charge is 2.31. The maximum atomic E-state index is 12.8. The molecule has 0 nitrogen and oxygen atoms in total. The Balaban J connectivity index is 2.12. The molecule has 0 saturated carbocycles. The standard InChI is InChI=1S/C13H11F/c1-7-3-4-8(2)12(7)13-10-5-9(14)6-11(10)13/h3,5-6H,4H2,1-2H3. The van der Waals surface area contributed by atoms with E-state index in [1.165, 1.54) is 22.3 Å². The molecule has 70 valence electrons. The zero-order chi connectivity index (χ0) is 9.87. The van der Waals surface area contributed by atoms with Gasteiger partial charge in [-0.1, -0.05) is 11.6 Å². The van der Waals surface area contributed by atoms with Gasteiger partial charge < -0.3 is 0 Å². The van der Waals surface area contributed by atoms with Gasteiger partial charge in [0.1, 0.15) is 5.82 Å². The lowest BCUT2D eigenvalue weighted by molar-refractivity contribution is 0.632. The summed E-state index contributed by atoms with van der Waals surface area (Å²) in [4.78, 5) is 0. The minimum Gasteiger partial charge on any atom is -0.207 e. The van der Waals surface area contributed by atoms with Gasteiger partial charge in [-0.25, -0.2) is 4.39 Å². The Kier molecular flexibility index (Phi) is 1.34. The van der Waals surface area contributed by atoms with Gasteiger partial charge in [-0.2, -0.15) is 0 Å². The Bertz CT molecular complexity index is 481. The second-order valence-corrected chi connectivity index (χ2v) is 4.12. The SMILES string of the molecule is CC1=CCC(C)=C1c1c2cc(F)cc1-2. The van der Waals surface area contributed by atoms with Gasteiger partial charge in [-0.15, -0.1) is 0 Å². The largest absolute Gasteiger partial charge is 0.207 e. The van der Waals surface area contributed by atoms with Gasteiger partial charge in [0, 0.05) is 0 Å². The average molecular weight is 186 g/mol. The van der Waals surface area contributed by atoms with E-state index in [4.69, 9.17) is 0 Å². The molecule has 0 heterocycles. The molecule has 0 amide bonds. The number of hydrogen-bond donors (Lipinski definition) is 0. The fourth-order valence-electron chi connectivity index (χ4n) is 2.36. The Morgan fingerprint density at radius 3 is 2.29 bits per heavy atom. The van der Waals surface area contributed by atoms with Gasteiger partial charge in [0.05, 0.1) is 0 Å². The van der Waals surface area contributed by atoms with Crippen molar-refractivity contribution in [3.63, 3.8) is 0 Å². The fraction of sp³-hybridized carbons (Fsp3) is 0.231. The summed E-state index contributed by atoms with van der Waals surface area (Å²) in [6.45, 7) is 4.29. The van der Waals surface area contributed by atoms with Gasteiger partial charge in [-0.3, -0.25) is 0 Å². The maximum Gasteiger partial charge on any atom is 0.124 e. The molecule has 3 aliphatic rings. The van der Waals surface area contributed by atoms with E-state index in [2.05, 4.69) is 19.9 Å². The van der Waals surface area contributed by atoms with Crippen LogP contribution in [0.25, 0.3) is 16.7 Å². The Morgan fingerprint density at radius 2 is 1.79 bits per heavy atom. The van der Waals surface area contributed by atoms with Crippen LogP contribution >= 0.6 is 0 Å². The minimum absolute atomic E-state index is 0.100. The fourth-order valence-corrected chi connectivity index (χ4v) is 2.36. The summed E-state index contributed by atoms with van der Waals surface area (Å²) < 4.78 is 12.8. The predicted octanol–water partition coefficient (Wildman–Crippen LogP) is 3.93. The highest BCUT2D eigenvalue weighted by Crippen LogP contribution is 2.53. The van der Waals surface area contributed by atoms with Crippen LogP contribution in [0.15, 0.2) is 29.4 Å². The van der Waals surface area contributed by atoms with Crippen LogP contribution in [0, 0.1) is 5.82 Å². The van der Waals surface area contributed by atoms with Crippen molar-refractivity contribution in [3.8, 4) is 11.1 Å². The summed E-state index contributed by atoms with van der Waals surface area (Å²) in [5, 5.41) is 0. The van der Waals surface area contributed by atoms with E-state index in [1.54, 1.807) is 12.1 Å². The van der Waals surface area contributed by atoms with Crippen molar-refractivity contribution >= 4 is 5.57 Å². The number of allylic oxidation sites excluding steroid dienone is 4. The molecule has 1 heteroatoms. The summed E-state index contributed by atoms with van der Waals surface area (Å²) >= 11 is 0. The summed E-state index contributed by atoms with van der Waals surface area (Å²) in [7, 11) is 0. The molecule has 0 aliphatic heterocycles. The van der Waals surface area contributed by atoms with Gasteiger partial charge in [0.2, 0.25) is 0 Å². The average Bonchev–Trinajstić information content (AvgIpc) is 2.53. The highest BCUT2D eigenvalue weighted by atomic mass is 19.1. The molecular weight excluding hydrogens is 175 g/mol. The Labute approximate surface area is 82.8 Å². The number of benzene rings is 1. The topological polar surface area (TPSA) is 0 Å². The molecule has 3 rings (SSSR count). The number of fused-ring (bicyclic) bond motifs is 1. The first-order valence-electron chi connectivity index (χ1n) is 4.89. The van der Waals surface area contributed by atoms with Gasteiger partial charge >= 0.3 is 0 Å². The summed E-state index contributed by atoms with van der Waals surface area (Å²) in [6.07, 6.45) is 3.30. The van der Waals surface area contributed by atoms with Crippen molar-refractivity contribution in [2.24, 2.45) is 0 Å². The smallest absolute Gasteiger partial charge is 0.124 e. The summed E-state index contributed by atoms with van der Waals surface area (Å²) in [6, 6.07) is 3.27. The molecule has 0 spiro atoms. The second kappa shape index (κ2) is 2.35. The van der Waals surface area contributed by atoms with Gasteiger partial charge in [0.25, 0.3) is 0 Å². The van der Waals surface area contributed by atoms with Crippen LogP contribution in [-0.2, 0) is 0 Å². The lowest BCUT2D eigenvalue weighted by Crippen LogP contribution is -1.77. The first-order valence-corrected chi connectivity index (χ1v) is 4.89. The summed E-state index contributed by atoms with van der Waals surface area (Å²) in [5.74, 6) is -0.100. The Morgan fingerprint density at radius 1 is 1.14 bits per heavy atom. The normalized spacial score (nSPS) is 17.5. The predicted molar refractivity (Wildman–Crippen MR) is 56.4 cm³/mol. The van der Waals surface area contributed by atoms with Crippen molar-refractivity contribution in [1.29, 1.82) is 0 Å². The molecular formula is C13H11F. The van der Waals surface area contributed by atoms with Crippen LogP contribution in [0.5, 0.6) is 0 Å². The van der Waals surface area contributed by atoms with Gasteiger partial charge in [0.15, 0.2) is 0 Å². The van der Waals surface area contributed by atoms with Crippen molar-refractivity contribution in [1.82, 2.24) is 0 Å². The van der Waals surface area contributed by atoms with E-state index < -0.39 is 0 Å². The summed E-state index contributed by atoms with van der Waals surface area (Å²) in [5.41, 5.74) is 7.63. The van der Waals surface area contributed by atoms with Gasteiger partial charge in [-0.05, 0) is 60.2 Å². The molecule has 0 saturated heterocycles. The molecule has 3 aliphatic carbocycles. The monoisotopic (exact) mass is 186 g/mol. The van der Waals surface area contributed by atoms with Crippen LogP contribution in [0.3, 0.4) is 0 Å². The van der Waals surface area contributed by atoms with Crippen molar-refractivity contribution < 1.29 is 4.39 Å². The lowest BCUT2D eigenvalue weighted by Gasteiger charge is -1.98. The molecule has 0 aromatic carbocycles. The zero-order valence-corrected chi connectivity index (χ0v) is 8.32. The molecule has 0 atom stereocenters. The van der Waals surface area contributed by atoms with Crippen molar-refractivity contribution in [2.75, 3.05) is 0 Å². The second-order valence-electron chi connectivity index (χ2n) is 4.12. The van der Waals surface area contributed by atoms with Crippen LogP contribution in [0.2, 0.25) is 0 Å². The van der Waals surface area contributed by atoms with Crippen molar-refractivity contribution in [3.05, 3.63) is 40.7 Å². The molecule has 0 N–H and O–H groups in total.